The first kappa shape index (κ1) is 18.0. The Kier molecular flexibility index (Phi) is 5.78. The van der Waals surface area contributed by atoms with E-state index in [-0.39, 0.29) is 10.8 Å². The van der Waals surface area contributed by atoms with Gasteiger partial charge in [-0.15, -0.1) is 0 Å². The number of aromatic nitrogens is 2. The number of benzene rings is 2. The molecule has 0 radical (unpaired) electrons. The SMILES string of the molecule is COCCn1c(SC(C)c2ccccc2Cl)nc2ccccc2c1=O. The Bertz CT molecular complexity index is 942. The van der Waals surface area contributed by atoms with Crippen LogP contribution in [0, 0.1) is 0 Å². The van der Waals surface area contributed by atoms with Crippen LogP contribution in [0.15, 0.2) is 58.5 Å². The van der Waals surface area contributed by atoms with E-state index in [1.54, 1.807) is 17.7 Å². The summed E-state index contributed by atoms with van der Waals surface area (Å²) in [6.07, 6.45) is 0. The maximum absolute atomic E-state index is 12.9. The molecule has 0 spiro atoms. The molecule has 0 amide bonds. The number of halogens is 1. The lowest BCUT2D eigenvalue weighted by Gasteiger charge is -2.17. The molecule has 6 heteroatoms. The molecule has 130 valence electrons. The molecule has 0 aliphatic rings. The summed E-state index contributed by atoms with van der Waals surface area (Å²) in [5, 5.41) is 2.08. The van der Waals surface area contributed by atoms with E-state index < -0.39 is 0 Å². The van der Waals surface area contributed by atoms with E-state index in [9.17, 15) is 4.79 Å². The fraction of sp³-hybridized carbons (Fsp3) is 0.263. The molecule has 1 atom stereocenters. The molecule has 0 saturated heterocycles. The molecular weight excluding hydrogens is 356 g/mol. The minimum absolute atomic E-state index is 0.0449. The lowest BCUT2D eigenvalue weighted by atomic mass is 10.2. The van der Waals surface area contributed by atoms with Crippen LogP contribution in [0.2, 0.25) is 5.02 Å². The standard InChI is InChI=1S/C19H19ClN2O2S/c1-13(14-7-3-5-9-16(14)20)25-19-21-17-10-6-4-8-15(17)18(23)22(19)11-12-24-2/h3-10,13H,11-12H2,1-2H3. The van der Waals surface area contributed by atoms with Crippen LogP contribution in [-0.2, 0) is 11.3 Å². The van der Waals surface area contributed by atoms with Crippen LogP contribution in [0.1, 0.15) is 17.7 Å². The van der Waals surface area contributed by atoms with Crippen molar-refractivity contribution in [2.24, 2.45) is 0 Å². The summed E-state index contributed by atoms with van der Waals surface area (Å²) >= 11 is 7.84. The lowest BCUT2D eigenvalue weighted by Crippen LogP contribution is -2.25. The van der Waals surface area contributed by atoms with Gasteiger partial charge in [0.05, 0.1) is 24.1 Å². The summed E-state index contributed by atoms with van der Waals surface area (Å²) in [4.78, 5) is 17.6. The predicted octanol–water partition coefficient (Wildman–Crippen LogP) is 4.55. The second-order valence-corrected chi connectivity index (χ2v) is 7.36. The summed E-state index contributed by atoms with van der Waals surface area (Å²) in [7, 11) is 1.62. The van der Waals surface area contributed by atoms with Crippen molar-refractivity contribution in [3.8, 4) is 0 Å². The number of rotatable bonds is 6. The smallest absolute Gasteiger partial charge is 0.262 e. The monoisotopic (exact) mass is 374 g/mol. The van der Waals surface area contributed by atoms with Crippen LogP contribution >= 0.6 is 23.4 Å². The number of para-hydroxylation sites is 1. The molecule has 4 nitrogen and oxygen atoms in total. The number of methoxy groups -OCH3 is 1. The number of fused-ring (bicyclic) bond motifs is 1. The Morgan fingerprint density at radius 1 is 1.20 bits per heavy atom. The molecule has 0 bridgehead atoms. The van der Waals surface area contributed by atoms with E-state index in [4.69, 9.17) is 21.3 Å². The fourth-order valence-electron chi connectivity index (χ4n) is 2.64. The summed E-state index contributed by atoms with van der Waals surface area (Å²) < 4.78 is 6.84. The highest BCUT2D eigenvalue weighted by molar-refractivity contribution is 7.99. The minimum Gasteiger partial charge on any atom is -0.383 e. The maximum atomic E-state index is 12.9. The number of nitrogens with zero attached hydrogens (tertiary/aromatic N) is 2. The zero-order valence-electron chi connectivity index (χ0n) is 14.1. The van der Waals surface area contributed by atoms with Gasteiger partial charge in [-0.1, -0.05) is 53.7 Å². The molecule has 0 N–H and O–H groups in total. The van der Waals surface area contributed by atoms with Crippen molar-refractivity contribution in [1.82, 2.24) is 9.55 Å². The van der Waals surface area contributed by atoms with Crippen LogP contribution in [0.3, 0.4) is 0 Å². The van der Waals surface area contributed by atoms with Crippen molar-refractivity contribution in [3.05, 3.63) is 69.5 Å². The Balaban J connectivity index is 2.04. The molecule has 1 heterocycles. The predicted molar refractivity (Wildman–Crippen MR) is 104 cm³/mol. The Morgan fingerprint density at radius 3 is 2.68 bits per heavy atom. The largest absolute Gasteiger partial charge is 0.383 e. The average molecular weight is 375 g/mol. The number of hydrogen-bond acceptors (Lipinski definition) is 4. The normalized spacial score (nSPS) is 12.4. The van der Waals surface area contributed by atoms with Crippen molar-refractivity contribution in [2.75, 3.05) is 13.7 Å². The summed E-state index contributed by atoms with van der Waals surface area (Å²) in [5.41, 5.74) is 1.68. The minimum atomic E-state index is -0.0449. The summed E-state index contributed by atoms with van der Waals surface area (Å²) in [5.74, 6) is 0. The number of ether oxygens (including phenoxy) is 1. The molecule has 2 aromatic carbocycles. The Morgan fingerprint density at radius 2 is 1.92 bits per heavy atom. The van der Waals surface area contributed by atoms with Crippen molar-refractivity contribution in [3.63, 3.8) is 0 Å². The van der Waals surface area contributed by atoms with Crippen molar-refractivity contribution in [1.29, 1.82) is 0 Å². The third-order valence-corrected chi connectivity index (χ3v) is 5.45. The highest BCUT2D eigenvalue weighted by Crippen LogP contribution is 2.37. The van der Waals surface area contributed by atoms with Gasteiger partial charge in [0, 0.05) is 17.4 Å². The van der Waals surface area contributed by atoms with E-state index >= 15 is 0 Å². The topological polar surface area (TPSA) is 44.1 Å². The van der Waals surface area contributed by atoms with Gasteiger partial charge in [0.15, 0.2) is 5.16 Å². The Hall–Kier alpha value is -1.82. The van der Waals surface area contributed by atoms with Gasteiger partial charge in [0.1, 0.15) is 0 Å². The van der Waals surface area contributed by atoms with Crippen LogP contribution < -0.4 is 5.56 Å². The third-order valence-electron chi connectivity index (χ3n) is 3.97. The highest BCUT2D eigenvalue weighted by atomic mass is 35.5. The van der Waals surface area contributed by atoms with E-state index in [2.05, 4.69) is 6.92 Å². The summed E-state index contributed by atoms with van der Waals surface area (Å²) in [6.45, 7) is 2.98. The van der Waals surface area contributed by atoms with Gasteiger partial charge in [-0.3, -0.25) is 9.36 Å². The average Bonchev–Trinajstić information content (AvgIpc) is 2.62. The quantitative estimate of drug-likeness (QED) is 0.469. The van der Waals surface area contributed by atoms with Gasteiger partial charge in [0.25, 0.3) is 5.56 Å². The van der Waals surface area contributed by atoms with Gasteiger partial charge >= 0.3 is 0 Å². The highest BCUT2D eigenvalue weighted by Gasteiger charge is 2.17. The van der Waals surface area contributed by atoms with Gasteiger partial charge in [-0.05, 0) is 30.7 Å². The molecule has 1 unspecified atom stereocenters. The van der Waals surface area contributed by atoms with Crippen molar-refractivity contribution >= 4 is 34.3 Å². The van der Waals surface area contributed by atoms with Crippen LogP contribution in [-0.4, -0.2) is 23.3 Å². The molecule has 3 rings (SSSR count). The van der Waals surface area contributed by atoms with Gasteiger partial charge in [-0.25, -0.2) is 4.98 Å². The first-order chi connectivity index (χ1) is 12.1. The van der Waals surface area contributed by atoms with Crippen molar-refractivity contribution < 1.29 is 4.74 Å². The maximum Gasteiger partial charge on any atom is 0.262 e. The first-order valence-electron chi connectivity index (χ1n) is 8.01. The third kappa shape index (κ3) is 3.89. The fourth-order valence-corrected chi connectivity index (χ4v) is 4.11. The summed E-state index contributed by atoms with van der Waals surface area (Å²) in [6, 6.07) is 15.2. The molecule has 1 aromatic heterocycles. The molecule has 0 aliphatic carbocycles. The van der Waals surface area contributed by atoms with E-state index in [0.717, 1.165) is 5.56 Å². The van der Waals surface area contributed by atoms with Crippen molar-refractivity contribution in [2.45, 2.75) is 23.9 Å². The van der Waals surface area contributed by atoms with Crippen LogP contribution in [0.4, 0.5) is 0 Å². The molecule has 3 aromatic rings. The van der Waals surface area contributed by atoms with Gasteiger partial charge in [-0.2, -0.15) is 0 Å². The number of hydrogen-bond donors (Lipinski definition) is 0. The molecule has 0 aliphatic heterocycles. The lowest BCUT2D eigenvalue weighted by molar-refractivity contribution is 0.183. The van der Waals surface area contributed by atoms with Crippen LogP contribution in [0.5, 0.6) is 0 Å². The first-order valence-corrected chi connectivity index (χ1v) is 9.27. The second kappa shape index (κ2) is 8.04. The molecular formula is C19H19ClN2O2S. The van der Waals surface area contributed by atoms with Gasteiger partial charge in [0.2, 0.25) is 0 Å². The molecule has 0 fully saturated rings. The van der Waals surface area contributed by atoms with E-state index in [1.807, 2.05) is 42.5 Å². The number of thioether (sulfide) groups is 1. The zero-order chi connectivity index (χ0) is 17.8. The second-order valence-electron chi connectivity index (χ2n) is 5.64. The molecule has 0 saturated carbocycles. The molecule has 25 heavy (non-hydrogen) atoms. The Labute approximate surface area is 155 Å². The van der Waals surface area contributed by atoms with Gasteiger partial charge < -0.3 is 4.74 Å². The zero-order valence-corrected chi connectivity index (χ0v) is 15.7. The van der Waals surface area contributed by atoms with Crippen LogP contribution in [0.25, 0.3) is 10.9 Å². The van der Waals surface area contributed by atoms with E-state index in [0.29, 0.717) is 34.2 Å². The van der Waals surface area contributed by atoms with E-state index in [1.165, 1.54) is 11.8 Å².